The second kappa shape index (κ2) is 7.13. The van der Waals surface area contributed by atoms with Crippen LogP contribution < -0.4 is 5.32 Å². The Hall–Kier alpha value is -2.57. The van der Waals surface area contributed by atoms with Crippen molar-refractivity contribution in [3.8, 4) is 0 Å². The molecule has 1 unspecified atom stereocenters. The molecule has 4 nitrogen and oxygen atoms in total. The van der Waals surface area contributed by atoms with Gasteiger partial charge in [-0.3, -0.25) is 4.21 Å². The molecule has 0 aliphatic heterocycles. The van der Waals surface area contributed by atoms with Gasteiger partial charge in [-0.2, -0.15) is 0 Å². The Bertz CT molecular complexity index is 1030. The van der Waals surface area contributed by atoms with E-state index in [1.807, 2.05) is 66.0 Å². The molecule has 4 aromatic rings. The Kier molecular flexibility index (Phi) is 4.54. The molecule has 0 amide bonds. The summed E-state index contributed by atoms with van der Waals surface area (Å²) in [5.41, 5.74) is 1.94. The third-order valence-electron chi connectivity index (χ3n) is 3.76. The van der Waals surface area contributed by atoms with Crippen LogP contribution in [0.5, 0.6) is 0 Å². The highest BCUT2D eigenvalue weighted by Crippen LogP contribution is 2.27. The minimum atomic E-state index is -1.06. The normalized spacial score (nSPS) is 12.2. The zero-order valence-electron chi connectivity index (χ0n) is 13.3. The predicted octanol–water partition coefficient (Wildman–Crippen LogP) is 4.74. The monoisotopic (exact) mass is 365 g/mol. The molecule has 1 atom stereocenters. The molecule has 0 saturated heterocycles. The van der Waals surface area contributed by atoms with Crippen molar-refractivity contribution >= 4 is 43.9 Å². The zero-order valence-corrected chi connectivity index (χ0v) is 14.9. The molecule has 0 bridgehead atoms. The smallest absolute Gasteiger partial charge is 0.142 e. The van der Waals surface area contributed by atoms with E-state index in [0.29, 0.717) is 5.75 Å². The Morgan fingerprint density at radius 1 is 1.00 bits per heavy atom. The van der Waals surface area contributed by atoms with Crippen molar-refractivity contribution in [3.05, 3.63) is 77.9 Å². The minimum absolute atomic E-state index is 0.483. The second-order valence-electron chi connectivity index (χ2n) is 5.49. The van der Waals surface area contributed by atoms with Gasteiger partial charge in [0.15, 0.2) is 0 Å². The van der Waals surface area contributed by atoms with Gasteiger partial charge in [0.2, 0.25) is 0 Å². The van der Waals surface area contributed by atoms with Crippen molar-refractivity contribution < 1.29 is 4.21 Å². The van der Waals surface area contributed by atoms with Crippen LogP contribution in [-0.4, -0.2) is 14.2 Å². The number of anilines is 2. The van der Waals surface area contributed by atoms with Crippen LogP contribution in [0.2, 0.25) is 0 Å². The van der Waals surface area contributed by atoms with E-state index in [4.69, 9.17) is 0 Å². The van der Waals surface area contributed by atoms with Gasteiger partial charge < -0.3 is 5.32 Å². The van der Waals surface area contributed by atoms with Gasteiger partial charge in [0, 0.05) is 10.6 Å². The third kappa shape index (κ3) is 3.60. The summed E-state index contributed by atoms with van der Waals surface area (Å²) in [5, 5.41) is 6.35. The molecule has 1 N–H and O–H groups in total. The fourth-order valence-corrected chi connectivity index (χ4v) is 4.41. The molecule has 0 aliphatic rings. The Morgan fingerprint density at radius 2 is 1.88 bits per heavy atom. The number of hydrogen-bond acceptors (Lipinski definition) is 5. The number of nitrogens with zero attached hydrogens (tertiary/aromatic N) is 2. The van der Waals surface area contributed by atoms with Crippen LogP contribution in [0, 0.1) is 0 Å². The summed E-state index contributed by atoms with van der Waals surface area (Å²) >= 11 is 1.59. The summed E-state index contributed by atoms with van der Waals surface area (Å²) < 4.78 is 12.5. The first kappa shape index (κ1) is 15.9. The second-order valence-corrected chi connectivity index (χ2v) is 7.84. The van der Waals surface area contributed by atoms with E-state index in [2.05, 4.69) is 15.3 Å². The molecule has 2 aromatic heterocycles. The Labute approximate surface area is 152 Å². The molecule has 6 heteroatoms. The average Bonchev–Trinajstić information content (AvgIpc) is 3.13. The SMILES string of the molecule is O=S(Cc1cccc(Nc2ncnc3sccc23)c1)c1ccccc1. The lowest BCUT2D eigenvalue weighted by atomic mass is 10.2. The predicted molar refractivity (Wildman–Crippen MR) is 104 cm³/mol. The zero-order chi connectivity index (χ0) is 17.1. The van der Waals surface area contributed by atoms with Gasteiger partial charge in [-0.25, -0.2) is 9.97 Å². The third-order valence-corrected chi connectivity index (χ3v) is 5.97. The minimum Gasteiger partial charge on any atom is -0.340 e. The standard InChI is InChI=1S/C19H15N3OS2/c23-25(16-7-2-1-3-8-16)12-14-5-4-6-15(11-14)22-18-17-9-10-24-19(17)21-13-20-18/h1-11,13H,12H2,(H,20,21,22). The summed E-state index contributed by atoms with van der Waals surface area (Å²) in [7, 11) is -1.06. The van der Waals surface area contributed by atoms with Crippen molar-refractivity contribution in [2.45, 2.75) is 10.6 Å². The number of thiophene rings is 1. The maximum absolute atomic E-state index is 12.5. The van der Waals surface area contributed by atoms with E-state index in [9.17, 15) is 4.21 Å². The molecule has 2 aromatic carbocycles. The molecule has 25 heavy (non-hydrogen) atoms. The summed E-state index contributed by atoms with van der Waals surface area (Å²) in [5.74, 6) is 1.27. The average molecular weight is 365 g/mol. The van der Waals surface area contributed by atoms with Gasteiger partial charge in [0.1, 0.15) is 17.0 Å². The fourth-order valence-electron chi connectivity index (χ4n) is 2.57. The fraction of sp³-hybridized carbons (Fsp3) is 0.0526. The quantitative estimate of drug-likeness (QED) is 0.555. The molecule has 0 aliphatic carbocycles. The van der Waals surface area contributed by atoms with Gasteiger partial charge >= 0.3 is 0 Å². The van der Waals surface area contributed by atoms with Crippen LogP contribution in [0.25, 0.3) is 10.2 Å². The van der Waals surface area contributed by atoms with Gasteiger partial charge in [0.25, 0.3) is 0 Å². The van der Waals surface area contributed by atoms with Crippen molar-refractivity contribution in [1.82, 2.24) is 9.97 Å². The molecule has 2 heterocycles. The van der Waals surface area contributed by atoms with E-state index >= 15 is 0 Å². The van der Waals surface area contributed by atoms with Crippen molar-refractivity contribution in [2.24, 2.45) is 0 Å². The molecule has 0 fully saturated rings. The summed E-state index contributed by atoms with van der Waals surface area (Å²) in [6.45, 7) is 0. The van der Waals surface area contributed by atoms with E-state index in [1.54, 1.807) is 17.7 Å². The van der Waals surface area contributed by atoms with Crippen LogP contribution in [-0.2, 0) is 16.6 Å². The van der Waals surface area contributed by atoms with Gasteiger partial charge in [-0.1, -0.05) is 30.3 Å². The largest absolute Gasteiger partial charge is 0.340 e. The lowest BCUT2D eigenvalue weighted by Gasteiger charge is -2.09. The number of benzene rings is 2. The van der Waals surface area contributed by atoms with Crippen LogP contribution in [0.3, 0.4) is 0 Å². The van der Waals surface area contributed by atoms with E-state index < -0.39 is 10.8 Å². The van der Waals surface area contributed by atoms with E-state index in [1.165, 1.54) is 0 Å². The molecule has 0 spiro atoms. The van der Waals surface area contributed by atoms with Crippen LogP contribution >= 0.6 is 11.3 Å². The number of hydrogen-bond donors (Lipinski definition) is 1. The summed E-state index contributed by atoms with van der Waals surface area (Å²) in [4.78, 5) is 10.4. The number of rotatable bonds is 5. The van der Waals surface area contributed by atoms with Crippen molar-refractivity contribution in [2.75, 3.05) is 5.32 Å². The topological polar surface area (TPSA) is 54.9 Å². The molecular formula is C19H15N3OS2. The summed E-state index contributed by atoms with van der Waals surface area (Å²) in [6, 6.07) is 19.5. The number of aromatic nitrogens is 2. The Balaban J connectivity index is 1.55. The lowest BCUT2D eigenvalue weighted by Crippen LogP contribution is -1.98. The first-order valence-electron chi connectivity index (χ1n) is 7.77. The van der Waals surface area contributed by atoms with Crippen LogP contribution in [0.1, 0.15) is 5.56 Å². The maximum atomic E-state index is 12.5. The van der Waals surface area contributed by atoms with Crippen molar-refractivity contribution in [1.29, 1.82) is 0 Å². The lowest BCUT2D eigenvalue weighted by molar-refractivity contribution is 0.682. The van der Waals surface area contributed by atoms with Crippen molar-refractivity contribution in [3.63, 3.8) is 0 Å². The highest BCUT2D eigenvalue weighted by atomic mass is 32.2. The highest BCUT2D eigenvalue weighted by Gasteiger charge is 2.08. The van der Waals surface area contributed by atoms with Gasteiger partial charge in [0.05, 0.1) is 21.9 Å². The molecular weight excluding hydrogens is 350 g/mol. The maximum Gasteiger partial charge on any atom is 0.142 e. The first-order chi connectivity index (χ1) is 12.3. The van der Waals surface area contributed by atoms with E-state index in [0.717, 1.165) is 32.2 Å². The van der Waals surface area contributed by atoms with Crippen LogP contribution in [0.4, 0.5) is 11.5 Å². The van der Waals surface area contributed by atoms with Crippen LogP contribution in [0.15, 0.2) is 77.3 Å². The number of fused-ring (bicyclic) bond motifs is 1. The molecule has 124 valence electrons. The molecule has 0 radical (unpaired) electrons. The van der Waals surface area contributed by atoms with Gasteiger partial charge in [-0.05, 0) is 41.3 Å². The Morgan fingerprint density at radius 3 is 2.76 bits per heavy atom. The highest BCUT2D eigenvalue weighted by molar-refractivity contribution is 7.84. The first-order valence-corrected chi connectivity index (χ1v) is 9.97. The molecule has 4 rings (SSSR count). The van der Waals surface area contributed by atoms with Gasteiger partial charge in [-0.15, -0.1) is 11.3 Å². The number of nitrogens with one attached hydrogen (secondary N) is 1. The van der Waals surface area contributed by atoms with E-state index in [-0.39, 0.29) is 0 Å². The molecule has 0 saturated carbocycles. The summed E-state index contributed by atoms with van der Waals surface area (Å²) in [6.07, 6.45) is 1.56.